The van der Waals surface area contributed by atoms with Crippen molar-refractivity contribution in [1.29, 1.82) is 0 Å². The second-order valence-electron chi connectivity index (χ2n) is 7.58. The number of sulfonamides is 1. The highest BCUT2D eigenvalue weighted by atomic mass is 32.2. The maximum Gasteiger partial charge on any atom is 0.261 e. The van der Waals surface area contributed by atoms with Crippen molar-refractivity contribution in [3.05, 3.63) is 97.2 Å². The van der Waals surface area contributed by atoms with Gasteiger partial charge in [-0.05, 0) is 41.9 Å². The van der Waals surface area contributed by atoms with E-state index in [0.29, 0.717) is 5.69 Å². The van der Waals surface area contributed by atoms with Crippen LogP contribution in [0.1, 0.15) is 0 Å². The first-order chi connectivity index (χ1) is 16.0. The van der Waals surface area contributed by atoms with E-state index >= 15 is 0 Å². The zero-order valence-corrected chi connectivity index (χ0v) is 18.6. The highest BCUT2D eigenvalue weighted by Gasteiger charge is 2.15. The van der Waals surface area contributed by atoms with Crippen LogP contribution in [0.15, 0.2) is 102 Å². The first-order valence-corrected chi connectivity index (χ1v) is 11.8. The smallest absolute Gasteiger partial charge is 0.261 e. The molecular weight excluding hydrogens is 433 g/mol. The van der Waals surface area contributed by atoms with Gasteiger partial charge in [0.1, 0.15) is 13.7 Å². The monoisotopic (exact) mass is 453 g/mol. The number of benzene rings is 3. The van der Waals surface area contributed by atoms with E-state index in [0.717, 1.165) is 33.9 Å². The van der Waals surface area contributed by atoms with Crippen molar-refractivity contribution in [2.24, 2.45) is 0 Å². The molecular formula is C24H20BN5O2S. The SMILES string of the molecule is Bc1cnn2c(Nc3ccc(S(=O)(=O)Nc4ccccc4)cc3)cc(-c3ccccc3)nc12. The van der Waals surface area contributed by atoms with Crippen molar-refractivity contribution >= 4 is 46.2 Å². The summed E-state index contributed by atoms with van der Waals surface area (Å²) in [5.41, 5.74) is 4.78. The molecule has 2 heterocycles. The van der Waals surface area contributed by atoms with Crippen LogP contribution in [0.2, 0.25) is 0 Å². The largest absolute Gasteiger partial charge is 0.340 e. The van der Waals surface area contributed by atoms with E-state index in [4.69, 9.17) is 4.98 Å². The van der Waals surface area contributed by atoms with Crippen LogP contribution in [0, 0.1) is 0 Å². The molecule has 7 nitrogen and oxygen atoms in total. The molecule has 33 heavy (non-hydrogen) atoms. The van der Waals surface area contributed by atoms with E-state index < -0.39 is 10.0 Å². The van der Waals surface area contributed by atoms with Crippen LogP contribution in [0.5, 0.6) is 0 Å². The van der Waals surface area contributed by atoms with Crippen LogP contribution in [0.3, 0.4) is 0 Å². The van der Waals surface area contributed by atoms with Crippen LogP contribution in [0.4, 0.5) is 17.2 Å². The Morgan fingerprint density at radius 2 is 1.48 bits per heavy atom. The number of hydrogen-bond donors (Lipinski definition) is 2. The van der Waals surface area contributed by atoms with Gasteiger partial charge >= 0.3 is 0 Å². The third-order valence-corrected chi connectivity index (χ3v) is 6.58. The first kappa shape index (κ1) is 20.8. The second kappa shape index (κ2) is 8.44. The number of rotatable bonds is 6. The molecule has 0 fully saturated rings. The zero-order valence-electron chi connectivity index (χ0n) is 17.8. The Bertz CT molecular complexity index is 1520. The van der Waals surface area contributed by atoms with E-state index in [1.165, 1.54) is 0 Å². The number of aromatic nitrogens is 3. The van der Waals surface area contributed by atoms with Crippen molar-refractivity contribution < 1.29 is 8.42 Å². The summed E-state index contributed by atoms with van der Waals surface area (Å²) in [7, 11) is -1.72. The van der Waals surface area contributed by atoms with E-state index in [1.807, 2.05) is 50.3 Å². The van der Waals surface area contributed by atoms with Gasteiger partial charge in [-0.2, -0.15) is 9.61 Å². The lowest BCUT2D eigenvalue weighted by Crippen LogP contribution is -2.12. The summed E-state index contributed by atoms with van der Waals surface area (Å²) < 4.78 is 29.7. The number of nitrogens with one attached hydrogen (secondary N) is 2. The molecule has 0 radical (unpaired) electrons. The fraction of sp³-hybridized carbons (Fsp3) is 0. The second-order valence-corrected chi connectivity index (χ2v) is 9.26. The Hall–Kier alpha value is -4.11. The molecule has 0 saturated carbocycles. The predicted octanol–water partition coefficient (Wildman–Crippen LogP) is 3.20. The summed E-state index contributed by atoms with van der Waals surface area (Å²) in [5.74, 6) is 0.727. The molecule has 0 unspecified atom stereocenters. The maximum absolute atomic E-state index is 12.7. The Balaban J connectivity index is 1.45. The molecule has 0 spiro atoms. The fourth-order valence-corrected chi connectivity index (χ4v) is 4.56. The predicted molar refractivity (Wildman–Crippen MR) is 134 cm³/mol. The molecule has 5 rings (SSSR count). The van der Waals surface area contributed by atoms with Crippen molar-refractivity contribution in [1.82, 2.24) is 14.6 Å². The molecule has 9 heteroatoms. The van der Waals surface area contributed by atoms with Gasteiger partial charge < -0.3 is 5.32 Å². The Labute approximate surface area is 192 Å². The normalized spacial score (nSPS) is 11.4. The lowest BCUT2D eigenvalue weighted by Gasteiger charge is -2.12. The quantitative estimate of drug-likeness (QED) is 0.386. The number of para-hydroxylation sites is 1. The summed E-state index contributed by atoms with van der Waals surface area (Å²) >= 11 is 0. The van der Waals surface area contributed by atoms with Gasteiger partial charge in [0, 0.05) is 29.2 Å². The Kier molecular flexibility index (Phi) is 5.31. The highest BCUT2D eigenvalue weighted by Crippen LogP contribution is 2.25. The lowest BCUT2D eigenvalue weighted by molar-refractivity contribution is 0.601. The summed E-state index contributed by atoms with van der Waals surface area (Å²) in [6.07, 6.45) is 1.77. The van der Waals surface area contributed by atoms with Crippen LogP contribution >= 0.6 is 0 Å². The molecule has 5 aromatic rings. The van der Waals surface area contributed by atoms with Crippen LogP contribution in [0.25, 0.3) is 16.9 Å². The minimum Gasteiger partial charge on any atom is -0.340 e. The Morgan fingerprint density at radius 1 is 0.818 bits per heavy atom. The van der Waals surface area contributed by atoms with Crippen LogP contribution < -0.4 is 15.5 Å². The lowest BCUT2D eigenvalue weighted by atomic mass is 10.0. The minimum atomic E-state index is -3.68. The third kappa shape index (κ3) is 4.31. The van der Waals surface area contributed by atoms with Gasteiger partial charge in [-0.1, -0.05) is 48.5 Å². The van der Waals surface area contributed by atoms with Gasteiger partial charge in [0.25, 0.3) is 10.0 Å². The third-order valence-electron chi connectivity index (χ3n) is 5.18. The molecule has 162 valence electrons. The zero-order chi connectivity index (χ0) is 22.8. The summed E-state index contributed by atoms with van der Waals surface area (Å²) in [4.78, 5) is 4.94. The summed E-state index contributed by atoms with van der Waals surface area (Å²) in [6.45, 7) is 0. The molecule has 2 N–H and O–H groups in total. The average Bonchev–Trinajstić information content (AvgIpc) is 3.21. The van der Waals surface area contributed by atoms with Crippen LogP contribution in [-0.4, -0.2) is 30.9 Å². The van der Waals surface area contributed by atoms with Crippen molar-refractivity contribution in [3.63, 3.8) is 0 Å². The van der Waals surface area contributed by atoms with Crippen molar-refractivity contribution in [2.45, 2.75) is 4.90 Å². The van der Waals surface area contributed by atoms with Gasteiger partial charge in [-0.25, -0.2) is 13.4 Å². The molecule has 0 atom stereocenters. The van der Waals surface area contributed by atoms with E-state index in [-0.39, 0.29) is 4.90 Å². The molecule has 0 aliphatic rings. The van der Waals surface area contributed by atoms with Crippen molar-refractivity contribution in [2.75, 3.05) is 10.0 Å². The summed E-state index contributed by atoms with van der Waals surface area (Å²) in [5, 5.41) is 7.78. The Morgan fingerprint density at radius 3 is 2.18 bits per heavy atom. The van der Waals surface area contributed by atoms with Crippen LogP contribution in [-0.2, 0) is 10.0 Å². The van der Waals surface area contributed by atoms with Gasteiger partial charge in [0.2, 0.25) is 0 Å². The van der Waals surface area contributed by atoms with E-state index in [2.05, 4.69) is 15.1 Å². The first-order valence-electron chi connectivity index (χ1n) is 10.4. The number of hydrogen-bond acceptors (Lipinski definition) is 5. The van der Waals surface area contributed by atoms with E-state index in [1.54, 1.807) is 59.2 Å². The van der Waals surface area contributed by atoms with Gasteiger partial charge in [0.05, 0.1) is 10.6 Å². The highest BCUT2D eigenvalue weighted by molar-refractivity contribution is 7.92. The summed E-state index contributed by atoms with van der Waals surface area (Å²) in [6, 6.07) is 27.2. The van der Waals surface area contributed by atoms with Gasteiger partial charge in [-0.3, -0.25) is 4.72 Å². The molecule has 0 bridgehead atoms. The molecule has 2 aromatic heterocycles. The minimum absolute atomic E-state index is 0.177. The molecule has 0 saturated heterocycles. The average molecular weight is 453 g/mol. The topological polar surface area (TPSA) is 88.4 Å². The fourth-order valence-electron chi connectivity index (χ4n) is 3.50. The van der Waals surface area contributed by atoms with E-state index in [9.17, 15) is 8.42 Å². The van der Waals surface area contributed by atoms with Crippen molar-refractivity contribution in [3.8, 4) is 11.3 Å². The standard InChI is InChI=1S/C24H20BN5O2S/c25-21-16-26-30-23(15-22(28-24(21)30)17-7-3-1-4-8-17)27-18-11-13-20(14-12-18)33(31,32)29-19-9-5-2-6-10-19/h1-16,27,29H,25H2. The molecule has 0 aliphatic heterocycles. The van der Waals surface area contributed by atoms with Gasteiger partial charge in [0.15, 0.2) is 5.65 Å². The molecule has 3 aromatic carbocycles. The number of nitrogens with zero attached hydrogens (tertiary/aromatic N) is 3. The molecule has 0 aliphatic carbocycles. The molecule has 0 amide bonds. The number of fused-ring (bicyclic) bond motifs is 1. The van der Waals surface area contributed by atoms with Gasteiger partial charge in [-0.15, -0.1) is 0 Å². The number of anilines is 3. The maximum atomic E-state index is 12.7.